The summed E-state index contributed by atoms with van der Waals surface area (Å²) in [6.07, 6.45) is 4.75. The van der Waals surface area contributed by atoms with Crippen LogP contribution in [0.15, 0.2) is 53.5 Å². The van der Waals surface area contributed by atoms with E-state index in [0.29, 0.717) is 43.4 Å². The van der Waals surface area contributed by atoms with Gasteiger partial charge in [-0.05, 0) is 41.8 Å². The Kier molecular flexibility index (Phi) is 7.85. The summed E-state index contributed by atoms with van der Waals surface area (Å²) in [6, 6.07) is 9.50. The van der Waals surface area contributed by atoms with E-state index < -0.39 is 6.10 Å². The van der Waals surface area contributed by atoms with Crippen LogP contribution in [-0.4, -0.2) is 81.6 Å². The minimum absolute atomic E-state index is 0.0513. The molecule has 2 amide bonds. The summed E-state index contributed by atoms with van der Waals surface area (Å²) in [4.78, 5) is 36.1. The van der Waals surface area contributed by atoms with Crippen molar-refractivity contribution in [2.75, 3.05) is 38.0 Å². The molecule has 0 radical (unpaired) electrons. The Morgan fingerprint density at radius 3 is 2.89 bits per heavy atom. The highest BCUT2D eigenvalue weighted by Gasteiger charge is 2.28. The first kappa shape index (κ1) is 25.7. The van der Waals surface area contributed by atoms with Crippen LogP contribution in [-0.2, 0) is 24.4 Å². The fourth-order valence-corrected chi connectivity index (χ4v) is 4.66. The number of pyridine rings is 1. The lowest BCUT2D eigenvalue weighted by Gasteiger charge is -2.39. The van der Waals surface area contributed by atoms with Crippen molar-refractivity contribution in [3.8, 4) is 5.75 Å². The maximum atomic E-state index is 12.7. The topological polar surface area (TPSA) is 133 Å². The van der Waals surface area contributed by atoms with Gasteiger partial charge in [-0.25, -0.2) is 9.97 Å². The lowest BCUT2D eigenvalue weighted by atomic mass is 9.99. The van der Waals surface area contributed by atoms with Gasteiger partial charge in [-0.15, -0.1) is 0 Å². The molecule has 38 heavy (non-hydrogen) atoms. The largest absolute Gasteiger partial charge is 0.486 e. The summed E-state index contributed by atoms with van der Waals surface area (Å²) < 4.78 is 11.0. The third-order valence-electron chi connectivity index (χ3n) is 6.80. The minimum atomic E-state index is -0.697. The van der Waals surface area contributed by atoms with Crippen LogP contribution in [0.1, 0.15) is 34.2 Å². The molecule has 5 rings (SSSR count). The van der Waals surface area contributed by atoms with Gasteiger partial charge in [0.2, 0.25) is 5.91 Å². The number of nitrogens with one attached hydrogen (secondary N) is 2. The van der Waals surface area contributed by atoms with E-state index >= 15 is 0 Å². The fourth-order valence-electron chi connectivity index (χ4n) is 4.66. The van der Waals surface area contributed by atoms with Crippen LogP contribution in [0.25, 0.3) is 0 Å². The molecular weight excluding hydrogens is 488 g/mol. The van der Waals surface area contributed by atoms with Gasteiger partial charge < -0.3 is 29.8 Å². The van der Waals surface area contributed by atoms with Crippen molar-refractivity contribution in [2.45, 2.75) is 38.6 Å². The first-order chi connectivity index (χ1) is 18.4. The molecule has 0 aliphatic carbocycles. The molecule has 3 aromatic rings. The van der Waals surface area contributed by atoms with Gasteiger partial charge >= 0.3 is 0 Å². The Balaban J connectivity index is 1.05. The van der Waals surface area contributed by atoms with Gasteiger partial charge in [0, 0.05) is 58.0 Å². The summed E-state index contributed by atoms with van der Waals surface area (Å²) in [5.41, 5.74) is 2.90. The van der Waals surface area contributed by atoms with E-state index in [1.165, 1.54) is 17.5 Å². The molecule has 2 aromatic heterocycles. The van der Waals surface area contributed by atoms with Gasteiger partial charge in [-0.1, -0.05) is 6.07 Å². The number of hydrogen-bond donors (Lipinski definition) is 3. The van der Waals surface area contributed by atoms with E-state index in [1.807, 2.05) is 6.07 Å². The second kappa shape index (κ2) is 11.6. The number of benzene rings is 1. The Morgan fingerprint density at radius 2 is 2.11 bits per heavy atom. The van der Waals surface area contributed by atoms with Gasteiger partial charge in [0.05, 0.1) is 18.3 Å². The van der Waals surface area contributed by atoms with Crippen molar-refractivity contribution in [3.05, 3.63) is 71.6 Å². The molecule has 1 atom stereocenters. The molecule has 11 nitrogen and oxygen atoms in total. The summed E-state index contributed by atoms with van der Waals surface area (Å²) in [6.45, 7) is 5.28. The number of aliphatic hydroxyl groups is 1. The molecule has 3 N–H and O–H groups in total. The van der Waals surface area contributed by atoms with Crippen LogP contribution in [0.4, 0.5) is 5.82 Å². The van der Waals surface area contributed by atoms with Crippen molar-refractivity contribution in [1.82, 2.24) is 25.1 Å². The van der Waals surface area contributed by atoms with Crippen LogP contribution in [0.3, 0.4) is 0 Å². The average Bonchev–Trinajstić information content (AvgIpc) is 3.41. The normalized spacial score (nSPS) is 16.3. The summed E-state index contributed by atoms with van der Waals surface area (Å²) in [5.74, 6) is 1.83. The van der Waals surface area contributed by atoms with Crippen LogP contribution >= 0.6 is 0 Å². The number of carbonyl (C=O) groups excluding carboxylic acids is 2. The number of aromatic nitrogens is 2. The van der Waals surface area contributed by atoms with E-state index in [-0.39, 0.29) is 24.4 Å². The van der Waals surface area contributed by atoms with E-state index in [0.717, 1.165) is 25.3 Å². The number of fused-ring (bicyclic) bond motifs is 1. The first-order valence-corrected chi connectivity index (χ1v) is 12.7. The summed E-state index contributed by atoms with van der Waals surface area (Å²) in [7, 11) is 0. The number of β-amino-alcohol motifs (C(OH)–C–C–N with tert-alkyl or cyclic N) is 1. The number of nitrogens with zero attached hydrogens (tertiary/aromatic N) is 4. The van der Waals surface area contributed by atoms with Crippen LogP contribution in [0, 0.1) is 0 Å². The number of ether oxygens (including phenoxy) is 1. The highest BCUT2D eigenvalue weighted by atomic mass is 16.5. The third-order valence-corrected chi connectivity index (χ3v) is 6.80. The number of likely N-dealkylation sites (tertiary alicyclic amines) is 1. The predicted molar refractivity (Wildman–Crippen MR) is 138 cm³/mol. The zero-order chi connectivity index (χ0) is 26.5. The summed E-state index contributed by atoms with van der Waals surface area (Å²) in [5, 5.41) is 16.7. The molecule has 0 spiro atoms. The molecule has 0 unspecified atom stereocenters. The minimum Gasteiger partial charge on any atom is -0.486 e. The van der Waals surface area contributed by atoms with Gasteiger partial charge in [0.15, 0.2) is 12.2 Å². The van der Waals surface area contributed by atoms with Gasteiger partial charge in [0.25, 0.3) is 5.91 Å². The number of aliphatic hydroxyl groups excluding tert-OH is 1. The van der Waals surface area contributed by atoms with Gasteiger partial charge in [-0.2, -0.15) is 0 Å². The van der Waals surface area contributed by atoms with Crippen molar-refractivity contribution >= 4 is 17.6 Å². The maximum absolute atomic E-state index is 12.7. The average molecular weight is 521 g/mol. The van der Waals surface area contributed by atoms with Crippen molar-refractivity contribution in [1.29, 1.82) is 0 Å². The lowest BCUT2D eigenvalue weighted by molar-refractivity contribution is -0.132. The van der Waals surface area contributed by atoms with Crippen molar-refractivity contribution in [3.63, 3.8) is 0 Å². The van der Waals surface area contributed by atoms with Gasteiger partial charge in [-0.3, -0.25) is 14.5 Å². The standard InChI is InChI=1S/C27H32N6O5/c1-18(34)33-13-22(14-33)31-26-9-20(4-6-29-26)27(36)30-10-23(35)15-32-7-5-19-8-24(3-2-21(19)12-32)37-16-25-11-28-17-38-25/h2-4,6,8-9,11,17,22-23,35H,5,7,10,12-16H2,1H3,(H,29,31)(H,30,36)/t23-/m0/s1. The first-order valence-electron chi connectivity index (χ1n) is 12.7. The SMILES string of the molecule is CC(=O)N1CC(Nc2cc(C(=O)NC[C@H](O)CN3CCc4cc(OCc5cnco5)ccc4C3)ccn2)C1. The quantitative estimate of drug-likeness (QED) is 0.363. The van der Waals surface area contributed by atoms with E-state index in [9.17, 15) is 14.7 Å². The molecule has 1 fully saturated rings. The maximum Gasteiger partial charge on any atom is 0.251 e. The van der Waals surface area contributed by atoms with Crippen LogP contribution in [0.5, 0.6) is 5.75 Å². The van der Waals surface area contributed by atoms with Gasteiger partial charge in [0.1, 0.15) is 18.2 Å². The summed E-state index contributed by atoms with van der Waals surface area (Å²) >= 11 is 0. The number of carbonyl (C=O) groups is 2. The second-order valence-electron chi connectivity index (χ2n) is 9.73. The molecule has 1 aromatic carbocycles. The fraction of sp³-hybridized carbons (Fsp3) is 0.407. The molecule has 2 aliphatic heterocycles. The van der Waals surface area contributed by atoms with Crippen LogP contribution in [0.2, 0.25) is 0 Å². The highest BCUT2D eigenvalue weighted by Crippen LogP contribution is 2.24. The van der Waals surface area contributed by atoms with E-state index in [1.54, 1.807) is 36.4 Å². The number of anilines is 1. The van der Waals surface area contributed by atoms with Crippen molar-refractivity contribution < 1.29 is 23.8 Å². The number of amides is 2. The second-order valence-corrected chi connectivity index (χ2v) is 9.73. The van der Waals surface area contributed by atoms with E-state index in [2.05, 4.69) is 37.6 Å². The zero-order valence-electron chi connectivity index (χ0n) is 21.3. The molecule has 0 saturated carbocycles. The van der Waals surface area contributed by atoms with E-state index in [4.69, 9.17) is 9.15 Å². The number of oxazole rings is 1. The Labute approximate surface area is 220 Å². The Hall–Kier alpha value is -3.96. The van der Waals surface area contributed by atoms with Crippen molar-refractivity contribution in [2.24, 2.45) is 0 Å². The molecular formula is C27H32N6O5. The molecule has 4 heterocycles. The monoisotopic (exact) mass is 520 g/mol. The highest BCUT2D eigenvalue weighted by molar-refractivity contribution is 5.94. The Morgan fingerprint density at radius 1 is 1.24 bits per heavy atom. The molecule has 11 heteroatoms. The molecule has 0 bridgehead atoms. The molecule has 2 aliphatic rings. The Bertz CT molecular complexity index is 1260. The molecule has 200 valence electrons. The zero-order valence-corrected chi connectivity index (χ0v) is 21.3. The molecule has 1 saturated heterocycles. The number of rotatable bonds is 10. The smallest absolute Gasteiger partial charge is 0.251 e. The third kappa shape index (κ3) is 6.48. The number of hydrogen-bond acceptors (Lipinski definition) is 9. The lowest BCUT2D eigenvalue weighted by Crippen LogP contribution is -2.56. The predicted octanol–water partition coefficient (Wildman–Crippen LogP) is 1.44. The van der Waals surface area contributed by atoms with Crippen LogP contribution < -0.4 is 15.4 Å².